The number of nitrogens with one attached hydrogen (secondary N) is 2. The molecule has 0 aliphatic rings. The van der Waals surface area contributed by atoms with Crippen molar-refractivity contribution < 1.29 is 9.90 Å². The van der Waals surface area contributed by atoms with E-state index in [-0.39, 0.29) is 11.7 Å². The summed E-state index contributed by atoms with van der Waals surface area (Å²) in [6, 6.07) is 19.9. The van der Waals surface area contributed by atoms with E-state index in [1.807, 2.05) is 30.3 Å². The van der Waals surface area contributed by atoms with Crippen molar-refractivity contribution in [2.45, 2.75) is 13.0 Å². The molecule has 0 atom stereocenters. The van der Waals surface area contributed by atoms with E-state index in [0.717, 1.165) is 16.8 Å². The average Bonchev–Trinajstić information content (AvgIpc) is 2.84. The largest absolute Gasteiger partial charge is 0.508 e. The second kappa shape index (κ2) is 10.2. The molecule has 7 heteroatoms. The van der Waals surface area contributed by atoms with Gasteiger partial charge in [-0.2, -0.15) is 0 Å². The van der Waals surface area contributed by atoms with Crippen molar-refractivity contribution >= 4 is 11.7 Å². The van der Waals surface area contributed by atoms with Crippen molar-refractivity contribution in [1.82, 2.24) is 20.3 Å². The van der Waals surface area contributed by atoms with Gasteiger partial charge in [-0.05, 0) is 60.2 Å². The van der Waals surface area contributed by atoms with Crippen LogP contribution in [0.1, 0.15) is 21.6 Å². The molecule has 7 nitrogen and oxygen atoms in total. The summed E-state index contributed by atoms with van der Waals surface area (Å²) in [6.45, 7) is 0.950. The number of phenols is 1. The number of hydrogen-bond acceptors (Lipinski definition) is 6. The summed E-state index contributed by atoms with van der Waals surface area (Å²) in [5.74, 6) is 0.461. The van der Waals surface area contributed by atoms with Crippen LogP contribution in [-0.2, 0) is 13.0 Å². The molecular formula is C25H23N5O2. The Morgan fingerprint density at radius 1 is 0.938 bits per heavy atom. The second-order valence-electron chi connectivity index (χ2n) is 7.18. The van der Waals surface area contributed by atoms with Gasteiger partial charge in [0.15, 0.2) is 0 Å². The van der Waals surface area contributed by atoms with Crippen molar-refractivity contribution in [3.8, 4) is 17.0 Å². The van der Waals surface area contributed by atoms with Crippen LogP contribution in [0.5, 0.6) is 5.75 Å². The van der Waals surface area contributed by atoms with Gasteiger partial charge in [0.25, 0.3) is 5.91 Å². The number of nitrogens with zero attached hydrogens (tertiary/aromatic N) is 3. The Hall–Kier alpha value is -4.26. The Morgan fingerprint density at radius 3 is 2.56 bits per heavy atom. The molecule has 0 unspecified atom stereocenters. The SMILES string of the molecule is O=C(NCc1cccnc1)c1ccc(-c2ccc(O)cc2)nc1NCCc1ccccn1. The minimum atomic E-state index is -0.223. The topological polar surface area (TPSA) is 100 Å². The van der Waals surface area contributed by atoms with Gasteiger partial charge in [0, 0.05) is 49.4 Å². The van der Waals surface area contributed by atoms with E-state index in [4.69, 9.17) is 4.98 Å². The van der Waals surface area contributed by atoms with Gasteiger partial charge in [-0.3, -0.25) is 14.8 Å². The summed E-state index contributed by atoms with van der Waals surface area (Å²) in [4.78, 5) is 26.0. The zero-order chi connectivity index (χ0) is 22.2. The van der Waals surface area contributed by atoms with E-state index >= 15 is 0 Å². The van der Waals surface area contributed by atoms with Gasteiger partial charge in [0.1, 0.15) is 11.6 Å². The van der Waals surface area contributed by atoms with E-state index in [1.165, 1.54) is 0 Å². The standard InChI is InChI=1S/C25H23N5O2/c31-21-8-6-19(7-9-21)23-11-10-22(25(32)29-17-18-4-3-13-26-16-18)24(30-23)28-15-12-20-5-1-2-14-27-20/h1-11,13-14,16,31H,12,15,17H2,(H,28,30)(H,29,32). The first-order valence-electron chi connectivity index (χ1n) is 10.3. The molecule has 4 aromatic rings. The van der Waals surface area contributed by atoms with Crippen LogP contribution < -0.4 is 10.6 Å². The first-order valence-corrected chi connectivity index (χ1v) is 10.3. The van der Waals surface area contributed by atoms with Crippen molar-refractivity contribution in [3.63, 3.8) is 0 Å². The molecule has 160 valence electrons. The number of anilines is 1. The number of rotatable bonds is 8. The van der Waals surface area contributed by atoms with Crippen LogP contribution in [0.4, 0.5) is 5.82 Å². The predicted molar refractivity (Wildman–Crippen MR) is 123 cm³/mol. The van der Waals surface area contributed by atoms with Gasteiger partial charge in [0.2, 0.25) is 0 Å². The summed E-state index contributed by atoms with van der Waals surface area (Å²) in [5, 5.41) is 15.8. The van der Waals surface area contributed by atoms with Gasteiger partial charge >= 0.3 is 0 Å². The number of hydrogen-bond donors (Lipinski definition) is 3. The fraction of sp³-hybridized carbons (Fsp3) is 0.120. The van der Waals surface area contributed by atoms with Gasteiger partial charge < -0.3 is 15.7 Å². The molecule has 0 bridgehead atoms. The fourth-order valence-corrected chi connectivity index (χ4v) is 3.21. The highest BCUT2D eigenvalue weighted by Gasteiger charge is 2.14. The monoisotopic (exact) mass is 425 g/mol. The zero-order valence-corrected chi connectivity index (χ0v) is 17.4. The highest BCUT2D eigenvalue weighted by atomic mass is 16.3. The van der Waals surface area contributed by atoms with Crippen molar-refractivity contribution in [2.75, 3.05) is 11.9 Å². The molecule has 3 aromatic heterocycles. The number of aromatic hydroxyl groups is 1. The van der Waals surface area contributed by atoms with Crippen LogP contribution in [0.25, 0.3) is 11.3 Å². The van der Waals surface area contributed by atoms with Crippen LogP contribution >= 0.6 is 0 Å². The third-order valence-corrected chi connectivity index (χ3v) is 4.88. The summed E-state index contributed by atoms with van der Waals surface area (Å²) in [7, 11) is 0. The first kappa shape index (κ1) is 21.0. The lowest BCUT2D eigenvalue weighted by atomic mass is 10.1. The molecule has 1 aromatic carbocycles. The summed E-state index contributed by atoms with van der Waals surface area (Å²) < 4.78 is 0. The van der Waals surface area contributed by atoms with E-state index in [0.29, 0.717) is 36.6 Å². The second-order valence-corrected chi connectivity index (χ2v) is 7.18. The summed E-state index contributed by atoms with van der Waals surface area (Å²) >= 11 is 0. The average molecular weight is 425 g/mol. The lowest BCUT2D eigenvalue weighted by Gasteiger charge is -2.13. The normalized spacial score (nSPS) is 10.5. The zero-order valence-electron chi connectivity index (χ0n) is 17.4. The van der Waals surface area contributed by atoms with Gasteiger partial charge in [-0.1, -0.05) is 12.1 Å². The van der Waals surface area contributed by atoms with Crippen LogP contribution in [0.15, 0.2) is 85.3 Å². The molecule has 1 amide bonds. The van der Waals surface area contributed by atoms with E-state index in [9.17, 15) is 9.90 Å². The molecule has 32 heavy (non-hydrogen) atoms. The predicted octanol–water partition coefficient (Wildman–Crippen LogP) is 3.83. The molecular weight excluding hydrogens is 402 g/mol. The molecule has 0 radical (unpaired) electrons. The number of pyridine rings is 3. The number of carbonyl (C=O) groups is 1. The highest BCUT2D eigenvalue weighted by molar-refractivity contribution is 5.99. The Balaban J connectivity index is 1.54. The van der Waals surface area contributed by atoms with Crippen LogP contribution in [0, 0.1) is 0 Å². The Kier molecular flexibility index (Phi) is 6.67. The highest BCUT2D eigenvalue weighted by Crippen LogP contribution is 2.24. The Bertz CT molecular complexity index is 1170. The summed E-state index contributed by atoms with van der Waals surface area (Å²) in [6.07, 6.45) is 5.87. The maximum atomic E-state index is 12.9. The third kappa shape index (κ3) is 5.46. The number of carbonyl (C=O) groups excluding carboxylic acids is 1. The van der Waals surface area contributed by atoms with E-state index in [2.05, 4.69) is 20.6 Å². The number of aromatic nitrogens is 3. The van der Waals surface area contributed by atoms with Gasteiger partial charge in [-0.25, -0.2) is 4.98 Å². The summed E-state index contributed by atoms with van der Waals surface area (Å²) in [5.41, 5.74) is 3.88. The van der Waals surface area contributed by atoms with Gasteiger partial charge in [0.05, 0.1) is 11.3 Å². The lowest BCUT2D eigenvalue weighted by molar-refractivity contribution is 0.0951. The van der Waals surface area contributed by atoms with Crippen LogP contribution in [-0.4, -0.2) is 32.5 Å². The molecule has 0 aliphatic carbocycles. The number of benzene rings is 1. The number of amides is 1. The van der Waals surface area contributed by atoms with Crippen molar-refractivity contribution in [1.29, 1.82) is 0 Å². The molecule has 0 saturated carbocycles. The van der Waals surface area contributed by atoms with Crippen LogP contribution in [0.2, 0.25) is 0 Å². The molecule has 0 saturated heterocycles. The molecule has 0 spiro atoms. The molecule has 3 N–H and O–H groups in total. The first-order chi connectivity index (χ1) is 15.7. The Morgan fingerprint density at radius 2 is 1.81 bits per heavy atom. The third-order valence-electron chi connectivity index (χ3n) is 4.88. The Labute approximate surface area is 186 Å². The molecule has 0 fully saturated rings. The van der Waals surface area contributed by atoms with Crippen molar-refractivity contribution in [2.24, 2.45) is 0 Å². The maximum absolute atomic E-state index is 12.9. The van der Waals surface area contributed by atoms with Crippen molar-refractivity contribution in [3.05, 3.63) is 102 Å². The lowest BCUT2D eigenvalue weighted by Crippen LogP contribution is -2.25. The maximum Gasteiger partial charge on any atom is 0.255 e. The molecule has 0 aliphatic heterocycles. The van der Waals surface area contributed by atoms with E-state index in [1.54, 1.807) is 55.0 Å². The smallest absolute Gasteiger partial charge is 0.255 e. The minimum absolute atomic E-state index is 0.189. The molecule has 3 heterocycles. The van der Waals surface area contributed by atoms with Crippen LogP contribution in [0.3, 0.4) is 0 Å². The van der Waals surface area contributed by atoms with E-state index < -0.39 is 0 Å². The number of phenolic OH excluding ortho intramolecular Hbond substituents is 1. The quantitative estimate of drug-likeness (QED) is 0.397. The fourth-order valence-electron chi connectivity index (χ4n) is 3.21. The molecule has 4 rings (SSSR count). The van der Waals surface area contributed by atoms with Gasteiger partial charge in [-0.15, -0.1) is 0 Å². The minimum Gasteiger partial charge on any atom is -0.508 e.